The third-order valence-electron chi connectivity index (χ3n) is 3.72. The maximum absolute atomic E-state index is 10.2. The second kappa shape index (κ2) is 16.7. The molecule has 0 amide bonds. The number of carbonyl (C=O) groups is 2. The third kappa shape index (κ3) is 11.5. The molecule has 14 N–H and O–H groups in total. The van der Waals surface area contributed by atoms with Gasteiger partial charge in [0.2, 0.25) is 0 Å². The fraction of sp³-hybridized carbons (Fsp3) is 0.857. The van der Waals surface area contributed by atoms with E-state index in [0.717, 1.165) is 0 Å². The van der Waals surface area contributed by atoms with Gasteiger partial charge in [-0.1, -0.05) is 0 Å². The standard InChI is InChI=1S/2C7H14O8.Zn/c2*8-1-2(9)3(10)4(11)5(12)6(13)7(14)15;/h2*2-6,8-13H,1H2,(H,14,15);/t2*2-,3-,4+,5-,6-;/m11./s1. The molecule has 0 aliphatic heterocycles. The molecule has 0 aliphatic carbocycles. The maximum atomic E-state index is 10.2. The summed E-state index contributed by atoms with van der Waals surface area (Å²) >= 11 is 0. The Hall–Kier alpha value is -0.917. The minimum Gasteiger partial charge on any atom is -0.479 e. The first-order chi connectivity index (χ1) is 13.6. The Labute approximate surface area is 187 Å². The van der Waals surface area contributed by atoms with Gasteiger partial charge in [-0.15, -0.1) is 0 Å². The van der Waals surface area contributed by atoms with Crippen LogP contribution in [0.1, 0.15) is 0 Å². The van der Waals surface area contributed by atoms with Gasteiger partial charge in [-0.2, -0.15) is 0 Å². The second-order valence-electron chi connectivity index (χ2n) is 6.01. The Balaban J connectivity index is -0.000000490. The second-order valence-corrected chi connectivity index (χ2v) is 6.01. The van der Waals surface area contributed by atoms with Crippen LogP contribution in [0.2, 0.25) is 0 Å². The van der Waals surface area contributed by atoms with Crippen LogP contribution in [0.3, 0.4) is 0 Å². The number of carboxylic acid groups (broad SMARTS) is 2. The molecule has 10 atom stereocenters. The van der Waals surface area contributed by atoms with Crippen molar-refractivity contribution in [2.75, 3.05) is 13.2 Å². The molecule has 31 heavy (non-hydrogen) atoms. The average molecular weight is 518 g/mol. The molecular weight excluding hydrogens is 490 g/mol. The number of rotatable bonds is 12. The summed E-state index contributed by atoms with van der Waals surface area (Å²) in [5, 5.41) is 123. The van der Waals surface area contributed by atoms with E-state index in [1.54, 1.807) is 0 Å². The van der Waals surface area contributed by atoms with Gasteiger partial charge < -0.3 is 71.5 Å². The molecule has 16 nitrogen and oxygen atoms in total. The van der Waals surface area contributed by atoms with Crippen LogP contribution in [-0.4, -0.2) is 158 Å². The van der Waals surface area contributed by atoms with Gasteiger partial charge in [0.15, 0.2) is 12.2 Å². The van der Waals surface area contributed by atoms with Crippen LogP contribution in [0.5, 0.6) is 0 Å². The molecule has 0 aromatic carbocycles. The van der Waals surface area contributed by atoms with Crippen molar-refractivity contribution in [1.82, 2.24) is 0 Å². The van der Waals surface area contributed by atoms with Crippen LogP contribution in [0.15, 0.2) is 0 Å². The summed E-state index contributed by atoms with van der Waals surface area (Å²) in [5.74, 6) is -3.57. The molecule has 17 heteroatoms. The van der Waals surface area contributed by atoms with Gasteiger partial charge in [0.25, 0.3) is 0 Å². The maximum Gasteiger partial charge on any atom is 0.335 e. The largest absolute Gasteiger partial charge is 0.479 e. The van der Waals surface area contributed by atoms with Crippen molar-refractivity contribution < 1.29 is 101 Å². The minimum atomic E-state index is -2.29. The molecule has 0 fully saturated rings. The number of aliphatic carboxylic acids is 2. The van der Waals surface area contributed by atoms with Gasteiger partial charge in [0.1, 0.15) is 48.8 Å². The van der Waals surface area contributed by atoms with E-state index >= 15 is 0 Å². The fourth-order valence-electron chi connectivity index (χ4n) is 1.74. The molecule has 0 aromatic rings. The number of hydrogen-bond donors (Lipinski definition) is 14. The number of aliphatic hydroxyl groups excluding tert-OH is 12. The smallest absolute Gasteiger partial charge is 0.335 e. The van der Waals surface area contributed by atoms with Crippen LogP contribution < -0.4 is 0 Å². The van der Waals surface area contributed by atoms with Crippen LogP contribution in [0.4, 0.5) is 0 Å². The zero-order valence-electron chi connectivity index (χ0n) is 16.0. The summed E-state index contributed by atoms with van der Waals surface area (Å²) < 4.78 is 0. The first kappa shape index (κ1) is 34.7. The van der Waals surface area contributed by atoms with E-state index in [-0.39, 0.29) is 19.5 Å². The predicted octanol–water partition coefficient (Wildman–Crippen LogP) is -8.27. The van der Waals surface area contributed by atoms with E-state index < -0.39 is 86.2 Å². The molecule has 0 unspecified atom stereocenters. The summed E-state index contributed by atoms with van der Waals surface area (Å²) in [5.41, 5.74) is 0. The van der Waals surface area contributed by atoms with Crippen molar-refractivity contribution in [3.05, 3.63) is 0 Å². The van der Waals surface area contributed by atoms with E-state index in [0.29, 0.717) is 0 Å². The quantitative estimate of drug-likeness (QED) is 0.107. The van der Waals surface area contributed by atoms with Gasteiger partial charge in [-0.3, -0.25) is 0 Å². The van der Waals surface area contributed by atoms with Crippen LogP contribution >= 0.6 is 0 Å². The summed E-state index contributed by atoms with van der Waals surface area (Å²) in [4.78, 5) is 20.4. The topological polar surface area (TPSA) is 317 Å². The van der Waals surface area contributed by atoms with Crippen LogP contribution in [0.25, 0.3) is 0 Å². The molecule has 0 saturated heterocycles. The van der Waals surface area contributed by atoms with Gasteiger partial charge in [0, 0.05) is 19.5 Å². The Morgan fingerprint density at radius 1 is 0.484 bits per heavy atom. The molecule has 0 bridgehead atoms. The first-order valence-electron chi connectivity index (χ1n) is 8.13. The normalized spacial score (nSPS) is 20.8. The molecule has 182 valence electrons. The predicted molar refractivity (Wildman–Crippen MR) is 89.5 cm³/mol. The summed E-state index contributed by atoms with van der Waals surface area (Å²) in [6, 6.07) is 0. The zero-order valence-corrected chi connectivity index (χ0v) is 18.9. The Bertz CT molecular complexity index is 465. The first-order valence-corrected chi connectivity index (χ1v) is 8.13. The Morgan fingerprint density at radius 3 is 0.871 bits per heavy atom. The number of carboxylic acids is 2. The van der Waals surface area contributed by atoms with Gasteiger partial charge in [-0.25, -0.2) is 9.59 Å². The molecule has 0 radical (unpaired) electrons. The summed E-state index contributed by atoms with van der Waals surface area (Å²) in [6.45, 7) is -1.76. The molecule has 0 heterocycles. The SMILES string of the molecule is O=C(O)[C@H](O)[C@H](O)[C@@H](O)[C@H](O)[C@H](O)CO.O=C(O)[C@H](O)[C@H](O)[C@@H](O)[C@H](O)[C@H](O)CO.[Zn]. The Morgan fingerprint density at radius 2 is 0.710 bits per heavy atom. The van der Waals surface area contributed by atoms with E-state index in [1.807, 2.05) is 0 Å². The van der Waals surface area contributed by atoms with Crippen LogP contribution in [0, 0.1) is 0 Å². The number of hydrogen-bond acceptors (Lipinski definition) is 14. The van der Waals surface area contributed by atoms with E-state index in [1.165, 1.54) is 0 Å². The molecular formula is C14H28O16Zn. The van der Waals surface area contributed by atoms with E-state index in [9.17, 15) is 9.59 Å². The van der Waals surface area contributed by atoms with Crippen molar-refractivity contribution in [3.8, 4) is 0 Å². The summed E-state index contributed by atoms with van der Waals surface area (Å²) in [7, 11) is 0. The summed E-state index contributed by atoms with van der Waals surface area (Å²) in [6.07, 6.45) is -20.5. The average Bonchev–Trinajstić information content (AvgIpc) is 2.73. The van der Waals surface area contributed by atoms with E-state index in [2.05, 4.69) is 0 Å². The van der Waals surface area contributed by atoms with Crippen LogP contribution in [-0.2, 0) is 29.1 Å². The van der Waals surface area contributed by atoms with Gasteiger partial charge in [0.05, 0.1) is 13.2 Å². The minimum absolute atomic E-state index is 0. The number of aliphatic hydroxyl groups is 12. The molecule has 0 aliphatic rings. The molecule has 0 aromatic heterocycles. The van der Waals surface area contributed by atoms with Gasteiger partial charge >= 0.3 is 11.9 Å². The molecule has 0 rings (SSSR count). The fourth-order valence-corrected chi connectivity index (χ4v) is 1.74. The van der Waals surface area contributed by atoms with Crippen molar-refractivity contribution in [3.63, 3.8) is 0 Å². The van der Waals surface area contributed by atoms with Crippen molar-refractivity contribution in [2.24, 2.45) is 0 Å². The van der Waals surface area contributed by atoms with Crippen molar-refractivity contribution in [1.29, 1.82) is 0 Å². The molecule has 0 spiro atoms. The Kier molecular flexibility index (Phi) is 18.7. The third-order valence-corrected chi connectivity index (χ3v) is 3.72. The van der Waals surface area contributed by atoms with Crippen molar-refractivity contribution >= 4 is 11.9 Å². The van der Waals surface area contributed by atoms with Gasteiger partial charge in [-0.05, 0) is 0 Å². The van der Waals surface area contributed by atoms with Crippen molar-refractivity contribution in [2.45, 2.75) is 61.0 Å². The van der Waals surface area contributed by atoms with E-state index in [4.69, 9.17) is 71.5 Å². The monoisotopic (exact) mass is 516 g/mol. The zero-order chi connectivity index (χ0) is 24.3. The molecule has 0 saturated carbocycles.